The molecule has 1 N–H and O–H groups in total. The van der Waals surface area contributed by atoms with Crippen LogP contribution in [0.1, 0.15) is 0 Å². The molecule has 0 saturated carbocycles. The van der Waals surface area contributed by atoms with Gasteiger partial charge in [0.15, 0.2) is 11.6 Å². The molecule has 0 atom stereocenters. The molecule has 0 radical (unpaired) electrons. The Hall–Kier alpha value is -1.45. The van der Waals surface area contributed by atoms with E-state index in [0.717, 1.165) is 23.2 Å². The van der Waals surface area contributed by atoms with Gasteiger partial charge in [-0.2, -0.15) is 12.7 Å². The van der Waals surface area contributed by atoms with E-state index in [9.17, 15) is 8.42 Å². The summed E-state index contributed by atoms with van der Waals surface area (Å²) >= 11 is 0. The predicted octanol–water partition coefficient (Wildman–Crippen LogP) is -0.468. The van der Waals surface area contributed by atoms with Gasteiger partial charge in [-0.3, -0.25) is 4.72 Å². The average Bonchev–Trinajstić information content (AvgIpc) is 2.40. The second-order valence-electron chi connectivity index (χ2n) is 4.27. The van der Waals surface area contributed by atoms with Gasteiger partial charge in [0.25, 0.3) is 0 Å². The molecule has 1 fully saturated rings. The highest BCUT2D eigenvalue weighted by Crippen LogP contribution is 2.14. The van der Waals surface area contributed by atoms with Crippen molar-refractivity contribution in [3.05, 3.63) is 12.1 Å². The molecule has 2 heterocycles. The maximum absolute atomic E-state index is 11.6. The van der Waals surface area contributed by atoms with Crippen LogP contribution in [-0.4, -0.2) is 63.3 Å². The second-order valence-corrected chi connectivity index (χ2v) is 6.15. The molecular weight excluding hydrogens is 270 g/mol. The molecule has 0 aromatic carbocycles. The van der Waals surface area contributed by atoms with Crippen LogP contribution in [0.4, 0.5) is 11.6 Å². The lowest BCUT2D eigenvalue weighted by Gasteiger charge is -2.27. The minimum atomic E-state index is -3.54. The number of hydrogen-bond acceptors (Lipinski definition) is 6. The van der Waals surface area contributed by atoms with E-state index in [1.54, 1.807) is 12.1 Å². The molecule has 0 aliphatic carbocycles. The zero-order valence-electron chi connectivity index (χ0n) is 10.9. The molecule has 0 amide bonds. The third-order valence-electron chi connectivity index (χ3n) is 2.70. The largest absolute Gasteiger partial charge is 0.378 e. The first-order chi connectivity index (χ1) is 8.99. The summed E-state index contributed by atoms with van der Waals surface area (Å²) in [6.07, 6.45) is 0. The summed E-state index contributed by atoms with van der Waals surface area (Å²) in [5.41, 5.74) is 0. The van der Waals surface area contributed by atoms with Crippen LogP contribution in [-0.2, 0) is 14.9 Å². The van der Waals surface area contributed by atoms with E-state index in [0.29, 0.717) is 13.2 Å². The lowest BCUT2D eigenvalue weighted by Crippen LogP contribution is -2.37. The van der Waals surface area contributed by atoms with Crippen molar-refractivity contribution in [1.82, 2.24) is 14.5 Å². The number of nitrogens with one attached hydrogen (secondary N) is 1. The van der Waals surface area contributed by atoms with Gasteiger partial charge in [-0.15, -0.1) is 10.2 Å². The zero-order valence-corrected chi connectivity index (χ0v) is 11.7. The molecule has 1 aromatic rings. The fourth-order valence-electron chi connectivity index (χ4n) is 1.56. The van der Waals surface area contributed by atoms with E-state index in [-0.39, 0.29) is 5.82 Å². The molecule has 1 aliphatic heterocycles. The number of aromatic nitrogens is 2. The van der Waals surface area contributed by atoms with Crippen LogP contribution >= 0.6 is 0 Å². The summed E-state index contributed by atoms with van der Waals surface area (Å²) in [5.74, 6) is 0.918. The summed E-state index contributed by atoms with van der Waals surface area (Å²) in [6, 6.07) is 3.34. The average molecular weight is 287 g/mol. The summed E-state index contributed by atoms with van der Waals surface area (Å²) in [6.45, 7) is 2.85. The monoisotopic (exact) mass is 287 g/mol. The van der Waals surface area contributed by atoms with Gasteiger partial charge in [0.1, 0.15) is 0 Å². The van der Waals surface area contributed by atoms with Gasteiger partial charge in [0, 0.05) is 27.2 Å². The van der Waals surface area contributed by atoms with E-state index >= 15 is 0 Å². The van der Waals surface area contributed by atoms with E-state index in [1.807, 2.05) is 4.90 Å². The standard InChI is InChI=1S/C10H17N5O3S/c1-14(2)19(16,17)13-9-3-4-10(12-11-9)15-5-7-18-8-6-15/h3-4H,5-8H2,1-2H3,(H,11,13). The van der Waals surface area contributed by atoms with Gasteiger partial charge < -0.3 is 9.64 Å². The number of morpholine rings is 1. The van der Waals surface area contributed by atoms with Gasteiger partial charge in [-0.05, 0) is 12.1 Å². The Balaban J connectivity index is 2.06. The van der Waals surface area contributed by atoms with E-state index in [2.05, 4.69) is 14.9 Å². The smallest absolute Gasteiger partial charge is 0.302 e. The van der Waals surface area contributed by atoms with Crippen molar-refractivity contribution in [1.29, 1.82) is 0 Å². The van der Waals surface area contributed by atoms with Crippen molar-refractivity contribution < 1.29 is 13.2 Å². The highest BCUT2D eigenvalue weighted by Gasteiger charge is 2.16. The molecule has 1 saturated heterocycles. The Morgan fingerprint density at radius 1 is 1.26 bits per heavy atom. The second kappa shape index (κ2) is 5.68. The van der Waals surface area contributed by atoms with E-state index in [4.69, 9.17) is 4.74 Å². The van der Waals surface area contributed by atoms with Crippen molar-refractivity contribution in [2.24, 2.45) is 0 Å². The summed E-state index contributed by atoms with van der Waals surface area (Å²) in [5, 5.41) is 7.89. The first-order valence-corrected chi connectivity index (χ1v) is 7.30. The fraction of sp³-hybridized carbons (Fsp3) is 0.600. The Morgan fingerprint density at radius 2 is 1.95 bits per heavy atom. The number of anilines is 2. The molecule has 0 spiro atoms. The molecule has 1 aliphatic rings. The predicted molar refractivity (Wildman–Crippen MR) is 71.3 cm³/mol. The minimum absolute atomic E-state index is 0.200. The maximum Gasteiger partial charge on any atom is 0.302 e. The third kappa shape index (κ3) is 3.52. The maximum atomic E-state index is 11.6. The fourth-order valence-corrected chi connectivity index (χ4v) is 2.12. The van der Waals surface area contributed by atoms with E-state index in [1.165, 1.54) is 14.1 Å². The highest BCUT2D eigenvalue weighted by atomic mass is 32.2. The Morgan fingerprint density at radius 3 is 2.47 bits per heavy atom. The van der Waals surface area contributed by atoms with Crippen LogP contribution in [0.15, 0.2) is 12.1 Å². The number of hydrogen-bond donors (Lipinski definition) is 1. The van der Waals surface area contributed by atoms with Gasteiger partial charge in [-0.1, -0.05) is 0 Å². The molecule has 0 bridgehead atoms. The summed E-state index contributed by atoms with van der Waals surface area (Å²) in [7, 11) is -0.657. The Kier molecular flexibility index (Phi) is 4.17. The molecule has 0 unspecified atom stereocenters. The van der Waals surface area contributed by atoms with Crippen LogP contribution in [0.2, 0.25) is 0 Å². The van der Waals surface area contributed by atoms with E-state index < -0.39 is 10.2 Å². The van der Waals surface area contributed by atoms with Gasteiger partial charge >= 0.3 is 10.2 Å². The quantitative estimate of drug-likeness (QED) is 0.805. The van der Waals surface area contributed by atoms with Gasteiger partial charge in [-0.25, -0.2) is 0 Å². The van der Waals surface area contributed by atoms with Crippen molar-refractivity contribution in [2.75, 3.05) is 50.0 Å². The Labute approximate surface area is 112 Å². The molecular formula is C10H17N5O3S. The Bertz CT molecular complexity index is 510. The van der Waals surface area contributed by atoms with Gasteiger partial charge in [0.2, 0.25) is 0 Å². The number of rotatable bonds is 4. The van der Waals surface area contributed by atoms with Crippen molar-refractivity contribution in [3.63, 3.8) is 0 Å². The zero-order chi connectivity index (χ0) is 13.9. The molecule has 106 valence electrons. The molecule has 2 rings (SSSR count). The third-order valence-corrected chi connectivity index (χ3v) is 4.13. The number of nitrogens with zero attached hydrogens (tertiary/aromatic N) is 4. The first-order valence-electron chi connectivity index (χ1n) is 5.86. The van der Waals surface area contributed by atoms with Crippen molar-refractivity contribution >= 4 is 21.8 Å². The minimum Gasteiger partial charge on any atom is -0.378 e. The van der Waals surface area contributed by atoms with Crippen LogP contribution in [0, 0.1) is 0 Å². The van der Waals surface area contributed by atoms with Crippen LogP contribution < -0.4 is 9.62 Å². The first kappa shape index (κ1) is 14.0. The SMILES string of the molecule is CN(C)S(=O)(=O)Nc1ccc(N2CCOCC2)nn1. The topological polar surface area (TPSA) is 87.7 Å². The molecule has 19 heavy (non-hydrogen) atoms. The van der Waals surface area contributed by atoms with Crippen LogP contribution in [0.5, 0.6) is 0 Å². The highest BCUT2D eigenvalue weighted by molar-refractivity contribution is 7.90. The van der Waals surface area contributed by atoms with Gasteiger partial charge in [0.05, 0.1) is 13.2 Å². The van der Waals surface area contributed by atoms with Crippen LogP contribution in [0.25, 0.3) is 0 Å². The lowest BCUT2D eigenvalue weighted by molar-refractivity contribution is 0.122. The van der Waals surface area contributed by atoms with Crippen LogP contribution in [0.3, 0.4) is 0 Å². The molecule has 9 heteroatoms. The normalized spacial score (nSPS) is 16.7. The lowest BCUT2D eigenvalue weighted by atomic mass is 10.4. The molecule has 1 aromatic heterocycles. The summed E-state index contributed by atoms with van der Waals surface area (Å²) < 4.78 is 31.9. The van der Waals surface area contributed by atoms with Crippen molar-refractivity contribution in [3.8, 4) is 0 Å². The molecule has 8 nitrogen and oxygen atoms in total. The number of ether oxygens (including phenoxy) is 1. The van der Waals surface area contributed by atoms with Crippen molar-refractivity contribution in [2.45, 2.75) is 0 Å². The summed E-state index contributed by atoms with van der Waals surface area (Å²) in [4.78, 5) is 2.04.